The van der Waals surface area contributed by atoms with Crippen LogP contribution >= 0.6 is 0 Å². The summed E-state index contributed by atoms with van der Waals surface area (Å²) in [5, 5.41) is 13.8. The number of hydrogen-bond donors (Lipinski definition) is 1. The van der Waals surface area contributed by atoms with Crippen LogP contribution in [0.2, 0.25) is 0 Å². The molecule has 0 aromatic carbocycles. The number of aromatic nitrogens is 3. The van der Waals surface area contributed by atoms with E-state index >= 15 is 0 Å². The number of halogens is 3. The van der Waals surface area contributed by atoms with Crippen molar-refractivity contribution in [3.05, 3.63) is 23.9 Å². The zero-order chi connectivity index (χ0) is 13.3. The van der Waals surface area contributed by atoms with Crippen LogP contribution in [-0.4, -0.2) is 26.7 Å². The number of alkyl halides is 3. The van der Waals surface area contributed by atoms with Gasteiger partial charge in [0.05, 0.1) is 11.6 Å². The number of anilines is 1. The Labute approximate surface area is 97.7 Å². The second kappa shape index (κ2) is 3.99. The molecule has 0 fully saturated rings. The minimum absolute atomic E-state index is 0.159. The van der Waals surface area contributed by atoms with Crippen LogP contribution in [0.4, 0.5) is 19.1 Å². The van der Waals surface area contributed by atoms with E-state index in [1.165, 1.54) is 23.6 Å². The molecule has 2 heterocycles. The standard InChI is InChI=1S/C9H4F3N5O/c10-9(11,12)7(18)15-8-14-6-3-5(4-13)1-2-17(6)16-8/h1-3H,(H,15,16,18). The Hall–Kier alpha value is -2.63. The molecule has 6 nitrogen and oxygen atoms in total. The number of amides is 1. The second-order valence-corrected chi connectivity index (χ2v) is 3.22. The maximum atomic E-state index is 12.0. The molecule has 2 aromatic heterocycles. The molecule has 0 saturated heterocycles. The molecule has 2 rings (SSSR count). The zero-order valence-corrected chi connectivity index (χ0v) is 8.56. The van der Waals surface area contributed by atoms with Gasteiger partial charge in [-0.05, 0) is 6.07 Å². The Balaban J connectivity index is 2.31. The van der Waals surface area contributed by atoms with Gasteiger partial charge in [-0.25, -0.2) is 4.52 Å². The van der Waals surface area contributed by atoms with Gasteiger partial charge in [0.15, 0.2) is 5.65 Å². The van der Waals surface area contributed by atoms with Crippen molar-refractivity contribution in [3.63, 3.8) is 0 Å². The molecule has 2 aromatic rings. The Morgan fingerprint density at radius 2 is 2.22 bits per heavy atom. The first-order valence-electron chi connectivity index (χ1n) is 4.55. The SMILES string of the molecule is N#Cc1ccn2nc(NC(=O)C(F)(F)F)nc2c1. The molecular formula is C9H4F3N5O. The summed E-state index contributed by atoms with van der Waals surface area (Å²) in [5.74, 6) is -2.63. The van der Waals surface area contributed by atoms with Crippen molar-refractivity contribution in [1.29, 1.82) is 5.26 Å². The molecule has 0 bridgehead atoms. The van der Waals surface area contributed by atoms with E-state index in [0.29, 0.717) is 0 Å². The van der Waals surface area contributed by atoms with Gasteiger partial charge < -0.3 is 0 Å². The molecule has 0 aliphatic heterocycles. The zero-order valence-electron chi connectivity index (χ0n) is 8.56. The van der Waals surface area contributed by atoms with Gasteiger partial charge in [0, 0.05) is 12.3 Å². The van der Waals surface area contributed by atoms with Crippen molar-refractivity contribution in [2.45, 2.75) is 6.18 Å². The van der Waals surface area contributed by atoms with Crippen molar-refractivity contribution < 1.29 is 18.0 Å². The quantitative estimate of drug-likeness (QED) is 0.827. The molecule has 92 valence electrons. The predicted molar refractivity (Wildman–Crippen MR) is 52.4 cm³/mol. The highest BCUT2D eigenvalue weighted by Gasteiger charge is 2.39. The van der Waals surface area contributed by atoms with Crippen LogP contribution < -0.4 is 5.32 Å². The normalized spacial score (nSPS) is 11.2. The summed E-state index contributed by atoms with van der Waals surface area (Å²) in [6, 6.07) is 4.59. The maximum Gasteiger partial charge on any atom is 0.471 e. The van der Waals surface area contributed by atoms with Gasteiger partial charge in [-0.3, -0.25) is 10.1 Å². The van der Waals surface area contributed by atoms with Gasteiger partial charge in [0.2, 0.25) is 5.95 Å². The summed E-state index contributed by atoms with van der Waals surface area (Å²) < 4.78 is 37.1. The molecule has 0 radical (unpaired) electrons. The minimum atomic E-state index is -5.00. The van der Waals surface area contributed by atoms with E-state index in [4.69, 9.17) is 5.26 Å². The molecule has 0 spiro atoms. The molecule has 18 heavy (non-hydrogen) atoms. The fraction of sp³-hybridized carbons (Fsp3) is 0.111. The van der Waals surface area contributed by atoms with Gasteiger partial charge in [-0.1, -0.05) is 0 Å². The van der Waals surface area contributed by atoms with Gasteiger partial charge in [0.25, 0.3) is 0 Å². The van der Waals surface area contributed by atoms with E-state index in [0.717, 1.165) is 4.52 Å². The largest absolute Gasteiger partial charge is 0.471 e. The number of hydrogen-bond acceptors (Lipinski definition) is 4. The number of nitrogens with zero attached hydrogens (tertiary/aromatic N) is 4. The fourth-order valence-electron chi connectivity index (χ4n) is 1.18. The lowest BCUT2D eigenvalue weighted by atomic mass is 10.3. The third kappa shape index (κ3) is 2.22. The summed E-state index contributed by atoms with van der Waals surface area (Å²) >= 11 is 0. The fourth-order valence-corrected chi connectivity index (χ4v) is 1.18. The number of nitriles is 1. The van der Waals surface area contributed by atoms with Crippen molar-refractivity contribution in [3.8, 4) is 6.07 Å². The number of carbonyl (C=O) groups excluding carboxylic acids is 1. The van der Waals surface area contributed by atoms with Crippen LogP contribution in [0.25, 0.3) is 5.65 Å². The second-order valence-electron chi connectivity index (χ2n) is 3.22. The topological polar surface area (TPSA) is 83.1 Å². The summed E-state index contributed by atoms with van der Waals surface area (Å²) in [6.07, 6.45) is -3.65. The molecule has 1 amide bonds. The number of nitrogens with one attached hydrogen (secondary N) is 1. The molecule has 0 unspecified atom stereocenters. The third-order valence-corrected chi connectivity index (χ3v) is 1.95. The van der Waals surface area contributed by atoms with E-state index in [9.17, 15) is 18.0 Å². The van der Waals surface area contributed by atoms with Crippen LogP contribution in [0, 0.1) is 11.3 Å². The molecule has 9 heteroatoms. The molecule has 0 saturated carbocycles. The van der Waals surface area contributed by atoms with Crippen LogP contribution in [0.3, 0.4) is 0 Å². The van der Waals surface area contributed by atoms with Crippen LogP contribution in [0.5, 0.6) is 0 Å². The minimum Gasteiger partial charge on any atom is -0.285 e. The van der Waals surface area contributed by atoms with Gasteiger partial charge in [-0.15, -0.1) is 5.10 Å². The Bertz CT molecular complexity index is 654. The summed E-state index contributed by atoms with van der Waals surface area (Å²) in [7, 11) is 0. The highest BCUT2D eigenvalue weighted by atomic mass is 19.4. The number of pyridine rings is 1. The molecular weight excluding hydrogens is 251 g/mol. The van der Waals surface area contributed by atoms with Crippen LogP contribution in [-0.2, 0) is 4.79 Å². The average molecular weight is 255 g/mol. The van der Waals surface area contributed by atoms with E-state index in [1.807, 2.05) is 6.07 Å². The monoisotopic (exact) mass is 255 g/mol. The average Bonchev–Trinajstić information content (AvgIpc) is 2.68. The lowest BCUT2D eigenvalue weighted by molar-refractivity contribution is -0.167. The first-order valence-corrected chi connectivity index (χ1v) is 4.55. The Morgan fingerprint density at radius 1 is 1.50 bits per heavy atom. The Kier molecular flexibility index (Phi) is 2.63. The molecule has 0 aliphatic carbocycles. The highest BCUT2D eigenvalue weighted by Crippen LogP contribution is 2.17. The maximum absolute atomic E-state index is 12.0. The van der Waals surface area contributed by atoms with Crippen LogP contribution in [0.15, 0.2) is 18.3 Å². The van der Waals surface area contributed by atoms with E-state index in [1.54, 1.807) is 0 Å². The highest BCUT2D eigenvalue weighted by molar-refractivity contribution is 5.93. The van der Waals surface area contributed by atoms with E-state index in [2.05, 4.69) is 10.1 Å². The van der Waals surface area contributed by atoms with E-state index in [-0.39, 0.29) is 11.2 Å². The van der Waals surface area contributed by atoms with Crippen molar-refractivity contribution in [2.24, 2.45) is 0 Å². The van der Waals surface area contributed by atoms with Crippen molar-refractivity contribution >= 4 is 17.5 Å². The molecule has 1 N–H and O–H groups in total. The van der Waals surface area contributed by atoms with Crippen LogP contribution in [0.1, 0.15) is 5.56 Å². The smallest absolute Gasteiger partial charge is 0.285 e. The van der Waals surface area contributed by atoms with Crippen molar-refractivity contribution in [2.75, 3.05) is 5.32 Å². The lowest BCUT2D eigenvalue weighted by Crippen LogP contribution is -2.30. The van der Waals surface area contributed by atoms with Gasteiger partial charge in [0.1, 0.15) is 0 Å². The number of fused-ring (bicyclic) bond motifs is 1. The lowest BCUT2D eigenvalue weighted by Gasteiger charge is -2.03. The van der Waals surface area contributed by atoms with Gasteiger partial charge in [-0.2, -0.15) is 23.4 Å². The Morgan fingerprint density at radius 3 is 2.83 bits per heavy atom. The first kappa shape index (κ1) is 11.8. The number of rotatable bonds is 1. The third-order valence-electron chi connectivity index (χ3n) is 1.95. The van der Waals surface area contributed by atoms with E-state index < -0.39 is 18.0 Å². The molecule has 0 aliphatic rings. The summed E-state index contributed by atoms with van der Waals surface area (Å²) in [4.78, 5) is 14.3. The molecule has 0 atom stereocenters. The first-order chi connectivity index (χ1) is 8.40. The summed E-state index contributed by atoms with van der Waals surface area (Å²) in [6.45, 7) is 0. The number of carbonyl (C=O) groups is 1. The van der Waals surface area contributed by atoms with Crippen molar-refractivity contribution in [1.82, 2.24) is 14.6 Å². The predicted octanol–water partition coefficient (Wildman–Crippen LogP) is 1.10. The van der Waals surface area contributed by atoms with Gasteiger partial charge >= 0.3 is 12.1 Å². The summed E-state index contributed by atoms with van der Waals surface area (Å²) in [5.41, 5.74) is 0.440.